The van der Waals surface area contributed by atoms with Crippen LogP contribution in [-0.4, -0.2) is 41.6 Å². The third-order valence-electron chi connectivity index (χ3n) is 3.28. The quantitative estimate of drug-likeness (QED) is 0.626. The highest BCUT2D eigenvalue weighted by Crippen LogP contribution is 2.16. The minimum atomic E-state index is -0.0291. The molecule has 104 valence electrons. The number of pyridine rings is 1. The molecule has 1 aromatic heterocycles. The van der Waals surface area contributed by atoms with Crippen molar-refractivity contribution in [3.8, 4) is 0 Å². The van der Waals surface area contributed by atoms with E-state index in [0.29, 0.717) is 11.4 Å². The first-order valence-electron chi connectivity index (χ1n) is 6.58. The summed E-state index contributed by atoms with van der Waals surface area (Å²) in [6.45, 7) is 4.17. The van der Waals surface area contributed by atoms with Crippen molar-refractivity contribution < 1.29 is 9.53 Å². The van der Waals surface area contributed by atoms with Crippen molar-refractivity contribution in [2.75, 3.05) is 25.1 Å². The number of nitrogens with zero attached hydrogens (tertiary/aromatic N) is 2. The van der Waals surface area contributed by atoms with Gasteiger partial charge in [-0.1, -0.05) is 0 Å². The monoisotopic (exact) mass is 264 g/mol. The van der Waals surface area contributed by atoms with E-state index < -0.39 is 0 Å². The van der Waals surface area contributed by atoms with Gasteiger partial charge in [0.15, 0.2) is 0 Å². The van der Waals surface area contributed by atoms with E-state index in [-0.39, 0.29) is 12.0 Å². The van der Waals surface area contributed by atoms with Crippen molar-refractivity contribution in [3.05, 3.63) is 24.0 Å². The Morgan fingerprint density at radius 2 is 2.26 bits per heavy atom. The molecule has 1 aliphatic rings. The highest BCUT2D eigenvalue weighted by atomic mass is 16.5. The molecule has 6 heteroatoms. The number of hydrogen-bond acceptors (Lipinski definition) is 5. The topological polar surface area (TPSA) is 80.5 Å². The van der Waals surface area contributed by atoms with E-state index in [4.69, 9.17) is 10.6 Å². The van der Waals surface area contributed by atoms with Crippen LogP contribution in [-0.2, 0) is 4.74 Å². The summed E-state index contributed by atoms with van der Waals surface area (Å²) >= 11 is 0. The van der Waals surface area contributed by atoms with Crippen LogP contribution in [0.15, 0.2) is 18.3 Å². The Morgan fingerprint density at radius 1 is 1.53 bits per heavy atom. The molecule has 0 saturated carbocycles. The van der Waals surface area contributed by atoms with Gasteiger partial charge in [0.25, 0.3) is 5.91 Å². The second-order valence-electron chi connectivity index (χ2n) is 4.52. The molecule has 0 unspecified atom stereocenters. The minimum absolute atomic E-state index is 0.0291. The number of rotatable bonds is 4. The first-order valence-corrected chi connectivity index (χ1v) is 6.58. The number of nitrogens with two attached hydrogens (primary N) is 1. The van der Waals surface area contributed by atoms with Crippen LogP contribution in [0.4, 0.5) is 5.69 Å². The molecule has 6 nitrogen and oxygen atoms in total. The fourth-order valence-electron chi connectivity index (χ4n) is 2.23. The third kappa shape index (κ3) is 3.42. The largest absolute Gasteiger partial charge is 0.378 e. The van der Waals surface area contributed by atoms with Crippen molar-refractivity contribution in [1.29, 1.82) is 0 Å². The number of carbonyl (C=O) groups is 1. The van der Waals surface area contributed by atoms with Crippen molar-refractivity contribution in [3.63, 3.8) is 0 Å². The summed E-state index contributed by atoms with van der Waals surface area (Å²) in [5.41, 5.74) is 3.63. The van der Waals surface area contributed by atoms with Crippen LogP contribution in [0.25, 0.3) is 0 Å². The van der Waals surface area contributed by atoms with Gasteiger partial charge in [-0.05, 0) is 31.9 Å². The summed E-state index contributed by atoms with van der Waals surface area (Å²) in [6.07, 6.45) is 3.62. The van der Waals surface area contributed by atoms with E-state index >= 15 is 0 Å². The average Bonchev–Trinajstić information content (AvgIpc) is 2.48. The molecule has 0 bridgehead atoms. The highest BCUT2D eigenvalue weighted by molar-refractivity contribution is 5.92. The zero-order valence-electron chi connectivity index (χ0n) is 11.1. The van der Waals surface area contributed by atoms with Gasteiger partial charge in [0.2, 0.25) is 0 Å². The van der Waals surface area contributed by atoms with E-state index in [1.165, 1.54) is 0 Å². The Kier molecular flexibility index (Phi) is 4.70. The van der Waals surface area contributed by atoms with Crippen molar-refractivity contribution >= 4 is 11.6 Å². The van der Waals surface area contributed by atoms with Crippen molar-refractivity contribution in [1.82, 2.24) is 9.88 Å². The minimum Gasteiger partial charge on any atom is -0.378 e. The lowest BCUT2D eigenvalue weighted by atomic mass is 10.1. The van der Waals surface area contributed by atoms with Gasteiger partial charge in [-0.2, -0.15) is 0 Å². The van der Waals surface area contributed by atoms with Crippen LogP contribution < -0.4 is 11.3 Å². The van der Waals surface area contributed by atoms with E-state index in [0.717, 1.165) is 32.5 Å². The maximum absolute atomic E-state index is 12.2. The predicted octanol–water partition coefficient (Wildman–Crippen LogP) is 1.01. The summed E-state index contributed by atoms with van der Waals surface area (Å²) in [4.78, 5) is 18.2. The second kappa shape index (κ2) is 6.49. The summed E-state index contributed by atoms with van der Waals surface area (Å²) in [7, 11) is 0. The van der Waals surface area contributed by atoms with Gasteiger partial charge in [0.1, 0.15) is 5.69 Å². The second-order valence-corrected chi connectivity index (χ2v) is 4.52. The molecule has 3 N–H and O–H groups in total. The Balaban J connectivity index is 1.93. The molecule has 2 heterocycles. The number of likely N-dealkylation sites (tertiary alicyclic amines) is 1. The lowest BCUT2D eigenvalue weighted by Crippen LogP contribution is -2.41. The number of ether oxygens (including phenoxy) is 1. The highest BCUT2D eigenvalue weighted by Gasteiger charge is 2.24. The fraction of sp³-hybridized carbons (Fsp3) is 0.538. The number of anilines is 1. The number of hydrogen-bond donors (Lipinski definition) is 2. The molecule has 1 fully saturated rings. The molecule has 2 rings (SSSR count). The first-order chi connectivity index (χ1) is 9.24. The molecule has 1 aliphatic heterocycles. The molecule has 1 aromatic rings. The van der Waals surface area contributed by atoms with Gasteiger partial charge in [0.05, 0.1) is 18.0 Å². The standard InChI is InChI=1S/C13H20N4O2/c1-2-19-11-5-7-17(8-6-11)13(18)12-4-3-10(16-14)9-15-12/h3-4,9,11,16H,2,5-8,14H2,1H3. The zero-order valence-corrected chi connectivity index (χ0v) is 11.1. The smallest absolute Gasteiger partial charge is 0.272 e. The molecule has 1 amide bonds. The van der Waals surface area contributed by atoms with Gasteiger partial charge in [-0.25, -0.2) is 4.98 Å². The fourth-order valence-corrected chi connectivity index (χ4v) is 2.23. The Hall–Kier alpha value is -1.66. The van der Waals surface area contributed by atoms with Crippen LogP contribution in [0, 0.1) is 0 Å². The van der Waals surface area contributed by atoms with Gasteiger partial charge < -0.3 is 15.1 Å². The van der Waals surface area contributed by atoms with Crippen molar-refractivity contribution in [2.45, 2.75) is 25.9 Å². The van der Waals surface area contributed by atoms with Crippen LogP contribution in [0.1, 0.15) is 30.3 Å². The number of piperidine rings is 1. The number of aromatic nitrogens is 1. The normalized spacial score (nSPS) is 16.4. The molecule has 0 aromatic carbocycles. The molecule has 0 spiro atoms. The number of carbonyl (C=O) groups excluding carboxylic acids is 1. The molecule has 0 aliphatic carbocycles. The zero-order chi connectivity index (χ0) is 13.7. The molecular weight excluding hydrogens is 244 g/mol. The van der Waals surface area contributed by atoms with Crippen molar-refractivity contribution in [2.24, 2.45) is 5.84 Å². The number of nitrogens with one attached hydrogen (secondary N) is 1. The van der Waals surface area contributed by atoms with Crippen LogP contribution in [0.5, 0.6) is 0 Å². The van der Waals surface area contributed by atoms with E-state index in [1.807, 2.05) is 11.8 Å². The first kappa shape index (κ1) is 13.8. The molecular formula is C13H20N4O2. The maximum Gasteiger partial charge on any atom is 0.272 e. The Morgan fingerprint density at radius 3 is 2.79 bits per heavy atom. The van der Waals surface area contributed by atoms with Gasteiger partial charge in [-0.15, -0.1) is 0 Å². The maximum atomic E-state index is 12.2. The average molecular weight is 264 g/mol. The van der Waals surface area contributed by atoms with Crippen LogP contribution in [0.2, 0.25) is 0 Å². The molecule has 19 heavy (non-hydrogen) atoms. The molecule has 1 saturated heterocycles. The van der Waals surface area contributed by atoms with Crippen LogP contribution in [0.3, 0.4) is 0 Å². The summed E-state index contributed by atoms with van der Waals surface area (Å²) in [5, 5.41) is 0. The van der Waals surface area contributed by atoms with E-state index in [9.17, 15) is 4.79 Å². The Bertz CT molecular complexity index is 413. The summed E-state index contributed by atoms with van der Waals surface area (Å²) in [6, 6.07) is 3.43. The lowest BCUT2D eigenvalue weighted by molar-refractivity contribution is 0.0144. The van der Waals surface area contributed by atoms with Gasteiger partial charge in [-0.3, -0.25) is 10.6 Å². The SMILES string of the molecule is CCOC1CCN(C(=O)c2ccc(NN)cn2)CC1. The summed E-state index contributed by atoms with van der Waals surface area (Å²) < 4.78 is 5.57. The number of hydrazine groups is 1. The molecule has 0 atom stereocenters. The van der Waals surface area contributed by atoms with E-state index in [2.05, 4.69) is 10.4 Å². The summed E-state index contributed by atoms with van der Waals surface area (Å²) in [5.74, 6) is 5.23. The Labute approximate surface area is 112 Å². The van der Waals surface area contributed by atoms with E-state index in [1.54, 1.807) is 18.3 Å². The third-order valence-corrected chi connectivity index (χ3v) is 3.28. The van der Waals surface area contributed by atoms with Crippen LogP contribution >= 0.6 is 0 Å². The predicted molar refractivity (Wildman–Crippen MR) is 72.6 cm³/mol. The molecule has 0 radical (unpaired) electrons. The lowest BCUT2D eigenvalue weighted by Gasteiger charge is -2.31. The van der Waals surface area contributed by atoms with Gasteiger partial charge in [0, 0.05) is 19.7 Å². The number of nitrogen functional groups attached to an aromatic ring is 1. The number of amides is 1. The van der Waals surface area contributed by atoms with Gasteiger partial charge >= 0.3 is 0 Å².